The predicted octanol–water partition coefficient (Wildman–Crippen LogP) is 0.162. The molecule has 1 aliphatic heterocycles. The molecule has 0 unspecified atom stereocenters. The molecule has 0 spiro atoms. The Labute approximate surface area is 115 Å². The summed E-state index contributed by atoms with van der Waals surface area (Å²) < 4.78 is 38.5. The minimum absolute atomic E-state index is 0.129. The minimum atomic E-state index is -3.61. The van der Waals surface area contributed by atoms with E-state index in [1.54, 1.807) is 18.2 Å². The van der Waals surface area contributed by atoms with Gasteiger partial charge in [-0.2, -0.15) is 0 Å². The third kappa shape index (κ3) is 3.53. The number of rotatable bonds is 4. The Morgan fingerprint density at radius 3 is 2.47 bits per heavy atom. The SMILES string of the molecule is NNc1ccccc1S(=O)(=O)NC1CCS(=O)CC1. The Kier molecular flexibility index (Phi) is 4.56. The Balaban J connectivity index is 2.16. The van der Waals surface area contributed by atoms with Crippen LogP contribution in [-0.2, 0) is 20.8 Å². The van der Waals surface area contributed by atoms with Crippen molar-refractivity contribution in [3.8, 4) is 0 Å². The predicted molar refractivity (Wildman–Crippen MR) is 75.5 cm³/mol. The molecular weight excluding hydrogens is 286 g/mol. The molecule has 0 radical (unpaired) electrons. The Hall–Kier alpha value is -0.960. The molecule has 0 saturated carbocycles. The fourth-order valence-corrected chi connectivity index (χ4v) is 4.79. The van der Waals surface area contributed by atoms with Crippen LogP contribution in [0.15, 0.2) is 29.2 Å². The molecule has 1 aliphatic rings. The van der Waals surface area contributed by atoms with Gasteiger partial charge in [0.25, 0.3) is 0 Å². The van der Waals surface area contributed by atoms with Gasteiger partial charge in [-0.25, -0.2) is 13.1 Å². The van der Waals surface area contributed by atoms with Crippen LogP contribution in [0.2, 0.25) is 0 Å². The van der Waals surface area contributed by atoms with Gasteiger partial charge in [0.1, 0.15) is 4.90 Å². The van der Waals surface area contributed by atoms with E-state index in [1.807, 2.05) is 0 Å². The lowest BCUT2D eigenvalue weighted by Gasteiger charge is -2.22. The lowest BCUT2D eigenvalue weighted by atomic mass is 10.2. The van der Waals surface area contributed by atoms with Gasteiger partial charge in [-0.15, -0.1) is 0 Å². The van der Waals surface area contributed by atoms with Gasteiger partial charge in [-0.3, -0.25) is 10.1 Å². The van der Waals surface area contributed by atoms with Gasteiger partial charge in [0.15, 0.2) is 0 Å². The summed E-state index contributed by atoms with van der Waals surface area (Å²) in [7, 11) is -4.42. The van der Waals surface area contributed by atoms with Crippen LogP contribution in [0.25, 0.3) is 0 Å². The third-order valence-electron chi connectivity index (χ3n) is 3.04. The monoisotopic (exact) mass is 303 g/mol. The fourth-order valence-electron chi connectivity index (χ4n) is 2.01. The summed E-state index contributed by atoms with van der Waals surface area (Å²) in [5.41, 5.74) is 2.73. The number of hydrazine groups is 1. The number of anilines is 1. The van der Waals surface area contributed by atoms with Crippen molar-refractivity contribution in [1.82, 2.24) is 4.72 Å². The summed E-state index contributed by atoms with van der Waals surface area (Å²) in [5.74, 6) is 6.41. The highest BCUT2D eigenvalue weighted by Gasteiger charge is 2.25. The standard InChI is InChI=1S/C11H17N3O3S2/c12-13-10-3-1-2-4-11(10)19(16,17)14-9-5-7-18(15)8-6-9/h1-4,9,13-14H,5-8,12H2. The van der Waals surface area contributed by atoms with Gasteiger partial charge >= 0.3 is 0 Å². The van der Waals surface area contributed by atoms with Crippen LogP contribution in [0.1, 0.15) is 12.8 Å². The Morgan fingerprint density at radius 1 is 1.21 bits per heavy atom. The van der Waals surface area contributed by atoms with Crippen LogP contribution in [0.5, 0.6) is 0 Å². The van der Waals surface area contributed by atoms with Crippen molar-refractivity contribution < 1.29 is 12.6 Å². The molecule has 6 nitrogen and oxygen atoms in total. The van der Waals surface area contributed by atoms with Crippen LogP contribution in [0.3, 0.4) is 0 Å². The molecule has 2 rings (SSSR count). The second-order valence-electron chi connectivity index (χ2n) is 4.38. The van der Waals surface area contributed by atoms with E-state index in [0.29, 0.717) is 30.0 Å². The largest absolute Gasteiger partial charge is 0.323 e. The summed E-state index contributed by atoms with van der Waals surface area (Å²) in [5, 5.41) is 0. The van der Waals surface area contributed by atoms with E-state index in [9.17, 15) is 12.6 Å². The van der Waals surface area contributed by atoms with Crippen LogP contribution in [0, 0.1) is 0 Å². The summed E-state index contributed by atoms with van der Waals surface area (Å²) in [6, 6.07) is 6.29. The molecule has 0 amide bonds. The maximum atomic E-state index is 12.3. The number of nitrogens with two attached hydrogens (primary N) is 1. The third-order valence-corrected chi connectivity index (χ3v) is 6.00. The first-order valence-electron chi connectivity index (χ1n) is 5.96. The maximum absolute atomic E-state index is 12.3. The van der Waals surface area contributed by atoms with Crippen molar-refractivity contribution in [3.05, 3.63) is 24.3 Å². The van der Waals surface area contributed by atoms with Crippen LogP contribution in [-0.4, -0.2) is 30.2 Å². The van der Waals surface area contributed by atoms with Crippen molar-refractivity contribution in [2.45, 2.75) is 23.8 Å². The van der Waals surface area contributed by atoms with Gasteiger partial charge in [-0.1, -0.05) is 12.1 Å². The summed E-state index contributed by atoms with van der Waals surface area (Å²) in [6.07, 6.45) is 1.20. The lowest BCUT2D eigenvalue weighted by molar-refractivity contribution is 0.522. The van der Waals surface area contributed by atoms with E-state index in [0.717, 1.165) is 0 Å². The van der Waals surface area contributed by atoms with E-state index in [-0.39, 0.29) is 10.9 Å². The molecule has 0 atom stereocenters. The summed E-state index contributed by atoms with van der Waals surface area (Å²) in [4.78, 5) is 0.129. The number of para-hydroxylation sites is 1. The average Bonchev–Trinajstić information content (AvgIpc) is 2.41. The highest BCUT2D eigenvalue weighted by molar-refractivity contribution is 7.89. The van der Waals surface area contributed by atoms with Crippen LogP contribution < -0.4 is 16.0 Å². The smallest absolute Gasteiger partial charge is 0.242 e. The van der Waals surface area contributed by atoms with Crippen molar-refractivity contribution in [1.29, 1.82) is 0 Å². The molecule has 19 heavy (non-hydrogen) atoms. The Morgan fingerprint density at radius 2 is 1.84 bits per heavy atom. The number of hydrogen-bond donors (Lipinski definition) is 3. The number of hydrogen-bond acceptors (Lipinski definition) is 5. The van der Waals surface area contributed by atoms with Crippen LogP contribution >= 0.6 is 0 Å². The first-order chi connectivity index (χ1) is 9.03. The normalized spacial score (nSPS) is 24.1. The highest BCUT2D eigenvalue weighted by Crippen LogP contribution is 2.21. The molecule has 8 heteroatoms. The van der Waals surface area contributed by atoms with E-state index >= 15 is 0 Å². The average molecular weight is 303 g/mol. The number of nitrogens with one attached hydrogen (secondary N) is 2. The molecule has 1 heterocycles. The number of benzene rings is 1. The zero-order chi connectivity index (χ0) is 13.9. The van der Waals surface area contributed by atoms with E-state index in [1.165, 1.54) is 6.07 Å². The molecule has 1 aromatic rings. The molecule has 0 bridgehead atoms. The second-order valence-corrected chi connectivity index (χ2v) is 7.76. The zero-order valence-corrected chi connectivity index (χ0v) is 12.0. The highest BCUT2D eigenvalue weighted by atomic mass is 32.2. The quantitative estimate of drug-likeness (QED) is 0.543. The topological polar surface area (TPSA) is 101 Å². The molecule has 1 aromatic carbocycles. The molecule has 1 fully saturated rings. The van der Waals surface area contributed by atoms with Gasteiger partial charge in [0.05, 0.1) is 5.69 Å². The summed E-state index contributed by atoms with van der Waals surface area (Å²) in [6.45, 7) is 0. The van der Waals surface area contributed by atoms with Gasteiger partial charge < -0.3 is 5.43 Å². The molecule has 1 saturated heterocycles. The van der Waals surface area contributed by atoms with Crippen molar-refractivity contribution in [2.75, 3.05) is 16.9 Å². The molecule has 0 aromatic heterocycles. The maximum Gasteiger partial charge on any atom is 0.242 e. The zero-order valence-electron chi connectivity index (χ0n) is 10.3. The van der Waals surface area contributed by atoms with Gasteiger partial charge in [-0.05, 0) is 25.0 Å². The van der Waals surface area contributed by atoms with Gasteiger partial charge in [0, 0.05) is 28.3 Å². The molecule has 4 N–H and O–H groups in total. The first-order valence-corrected chi connectivity index (χ1v) is 8.93. The van der Waals surface area contributed by atoms with Gasteiger partial charge in [0.2, 0.25) is 10.0 Å². The molecule has 0 aliphatic carbocycles. The van der Waals surface area contributed by atoms with E-state index in [4.69, 9.17) is 5.84 Å². The first kappa shape index (κ1) is 14.4. The van der Waals surface area contributed by atoms with E-state index in [2.05, 4.69) is 10.1 Å². The minimum Gasteiger partial charge on any atom is -0.323 e. The van der Waals surface area contributed by atoms with E-state index < -0.39 is 20.8 Å². The molecule has 106 valence electrons. The van der Waals surface area contributed by atoms with Crippen LogP contribution in [0.4, 0.5) is 5.69 Å². The summed E-state index contributed by atoms with van der Waals surface area (Å²) >= 11 is 0. The number of sulfonamides is 1. The fraction of sp³-hybridized carbons (Fsp3) is 0.455. The Bertz CT molecular complexity index is 564. The van der Waals surface area contributed by atoms with Crippen molar-refractivity contribution in [2.24, 2.45) is 5.84 Å². The molecular formula is C11H17N3O3S2. The van der Waals surface area contributed by atoms with Crippen molar-refractivity contribution in [3.63, 3.8) is 0 Å². The number of nitrogen functional groups attached to an aromatic ring is 1. The lowest BCUT2D eigenvalue weighted by Crippen LogP contribution is -2.39. The second kappa shape index (κ2) is 6.00. The van der Waals surface area contributed by atoms with Crippen molar-refractivity contribution >= 4 is 26.5 Å².